The maximum absolute atomic E-state index is 12.0. The predicted octanol–water partition coefficient (Wildman–Crippen LogP) is 2.53. The van der Waals surface area contributed by atoms with Crippen molar-refractivity contribution < 1.29 is 4.79 Å². The number of hydrogen-bond donors (Lipinski definition) is 1. The Morgan fingerprint density at radius 1 is 1.33 bits per heavy atom. The Kier molecular flexibility index (Phi) is 3.99. The van der Waals surface area contributed by atoms with Gasteiger partial charge in [-0.25, -0.2) is 0 Å². The average Bonchev–Trinajstić information content (AvgIpc) is 2.81. The normalized spacial score (nSPS) is 10.3. The van der Waals surface area contributed by atoms with Crippen LogP contribution in [-0.2, 0) is 17.8 Å². The van der Waals surface area contributed by atoms with Gasteiger partial charge in [0.1, 0.15) is 0 Å². The zero-order valence-corrected chi connectivity index (χ0v) is 11.1. The third kappa shape index (κ3) is 3.34. The number of carbonyl (C=O) groups is 1. The van der Waals surface area contributed by atoms with Gasteiger partial charge >= 0.3 is 0 Å². The molecule has 0 saturated heterocycles. The number of amides is 1. The van der Waals surface area contributed by atoms with Crippen LogP contribution in [0.25, 0.3) is 0 Å². The van der Waals surface area contributed by atoms with Crippen molar-refractivity contribution in [2.75, 3.05) is 12.8 Å². The van der Waals surface area contributed by atoms with Gasteiger partial charge in [0.25, 0.3) is 0 Å². The lowest BCUT2D eigenvalue weighted by Crippen LogP contribution is -2.27. The zero-order valence-electron chi connectivity index (χ0n) is 10.3. The fourth-order valence-electron chi connectivity index (χ4n) is 1.76. The molecular formula is C14H16N2OS. The number of anilines is 1. The Balaban J connectivity index is 1.95. The Morgan fingerprint density at radius 3 is 2.83 bits per heavy atom. The van der Waals surface area contributed by atoms with Gasteiger partial charge in [-0.15, -0.1) is 0 Å². The molecule has 0 aliphatic carbocycles. The molecule has 1 heterocycles. The predicted molar refractivity (Wildman–Crippen MR) is 75.4 cm³/mol. The second-order valence-electron chi connectivity index (χ2n) is 4.30. The Hall–Kier alpha value is -1.81. The Labute approximate surface area is 111 Å². The maximum atomic E-state index is 12.0. The smallest absolute Gasteiger partial charge is 0.227 e. The molecule has 2 rings (SSSR count). The van der Waals surface area contributed by atoms with E-state index in [0.717, 1.165) is 5.56 Å². The number of carbonyl (C=O) groups excluding carboxylic acids is 1. The highest BCUT2D eigenvalue weighted by Crippen LogP contribution is 2.11. The number of nitrogens with zero attached hydrogens (tertiary/aromatic N) is 1. The van der Waals surface area contributed by atoms with E-state index in [4.69, 9.17) is 5.73 Å². The second kappa shape index (κ2) is 5.69. The first-order valence-corrected chi connectivity index (χ1v) is 6.69. The van der Waals surface area contributed by atoms with Crippen molar-refractivity contribution >= 4 is 22.9 Å². The summed E-state index contributed by atoms with van der Waals surface area (Å²) < 4.78 is 0. The van der Waals surface area contributed by atoms with Gasteiger partial charge in [0.15, 0.2) is 0 Å². The third-order valence-corrected chi connectivity index (χ3v) is 3.46. The molecule has 3 nitrogen and oxygen atoms in total. The van der Waals surface area contributed by atoms with Crippen LogP contribution in [0.1, 0.15) is 11.1 Å². The van der Waals surface area contributed by atoms with E-state index in [0.29, 0.717) is 18.7 Å². The first-order valence-electron chi connectivity index (χ1n) is 5.74. The summed E-state index contributed by atoms with van der Waals surface area (Å²) in [6, 6.07) is 9.50. The highest BCUT2D eigenvalue weighted by molar-refractivity contribution is 7.07. The minimum atomic E-state index is 0.104. The molecule has 18 heavy (non-hydrogen) atoms. The van der Waals surface area contributed by atoms with Gasteiger partial charge in [-0.1, -0.05) is 12.1 Å². The Morgan fingerprint density at radius 2 is 2.17 bits per heavy atom. The molecule has 0 aliphatic rings. The van der Waals surface area contributed by atoms with Crippen LogP contribution in [0, 0.1) is 0 Å². The number of thiophene rings is 1. The van der Waals surface area contributed by atoms with Crippen molar-refractivity contribution in [3.05, 3.63) is 52.2 Å². The summed E-state index contributed by atoms with van der Waals surface area (Å²) in [6.45, 7) is 0.657. The molecule has 1 aromatic carbocycles. The highest BCUT2D eigenvalue weighted by atomic mass is 32.1. The van der Waals surface area contributed by atoms with Crippen LogP contribution in [0.5, 0.6) is 0 Å². The lowest BCUT2D eigenvalue weighted by atomic mass is 10.1. The number of hydrogen-bond acceptors (Lipinski definition) is 3. The van der Waals surface area contributed by atoms with E-state index in [-0.39, 0.29) is 5.91 Å². The van der Waals surface area contributed by atoms with Gasteiger partial charge in [0, 0.05) is 19.3 Å². The SMILES string of the molecule is CN(Cc1ccsc1)C(=O)Cc1cccc(N)c1. The molecule has 4 heteroatoms. The van der Waals surface area contributed by atoms with E-state index in [1.54, 1.807) is 16.2 Å². The summed E-state index contributed by atoms with van der Waals surface area (Å²) >= 11 is 1.64. The first-order chi connectivity index (χ1) is 8.65. The van der Waals surface area contributed by atoms with Gasteiger partial charge in [-0.2, -0.15) is 11.3 Å². The minimum Gasteiger partial charge on any atom is -0.399 e. The monoisotopic (exact) mass is 260 g/mol. The van der Waals surface area contributed by atoms with E-state index in [9.17, 15) is 4.79 Å². The molecule has 2 aromatic rings. The fraction of sp³-hybridized carbons (Fsp3) is 0.214. The maximum Gasteiger partial charge on any atom is 0.227 e. The summed E-state index contributed by atoms with van der Waals surface area (Å²) in [5.41, 5.74) is 8.52. The van der Waals surface area contributed by atoms with E-state index in [1.165, 1.54) is 5.56 Å². The quantitative estimate of drug-likeness (QED) is 0.859. The number of nitrogen functional groups attached to an aromatic ring is 1. The van der Waals surface area contributed by atoms with Crippen LogP contribution in [0.4, 0.5) is 5.69 Å². The summed E-state index contributed by atoms with van der Waals surface area (Å²) in [4.78, 5) is 13.8. The molecule has 0 fully saturated rings. The van der Waals surface area contributed by atoms with Gasteiger partial charge in [0.05, 0.1) is 6.42 Å². The van der Waals surface area contributed by atoms with Crippen molar-refractivity contribution in [1.29, 1.82) is 0 Å². The van der Waals surface area contributed by atoms with Gasteiger partial charge in [-0.05, 0) is 40.1 Å². The van der Waals surface area contributed by atoms with Crippen LogP contribution >= 0.6 is 11.3 Å². The molecule has 0 spiro atoms. The van der Waals surface area contributed by atoms with Crippen LogP contribution in [-0.4, -0.2) is 17.9 Å². The lowest BCUT2D eigenvalue weighted by molar-refractivity contribution is -0.129. The van der Waals surface area contributed by atoms with Gasteiger partial charge in [-0.3, -0.25) is 4.79 Å². The molecule has 0 radical (unpaired) electrons. The highest BCUT2D eigenvalue weighted by Gasteiger charge is 2.10. The summed E-state index contributed by atoms with van der Waals surface area (Å²) in [5, 5.41) is 4.08. The van der Waals surface area contributed by atoms with Crippen molar-refractivity contribution in [2.24, 2.45) is 0 Å². The number of rotatable bonds is 4. The van der Waals surface area contributed by atoms with E-state index in [2.05, 4.69) is 5.38 Å². The van der Waals surface area contributed by atoms with Crippen molar-refractivity contribution in [3.8, 4) is 0 Å². The first kappa shape index (κ1) is 12.6. The molecule has 0 saturated carbocycles. The van der Waals surface area contributed by atoms with E-state index < -0.39 is 0 Å². The molecule has 0 bridgehead atoms. The molecule has 2 N–H and O–H groups in total. The Bertz CT molecular complexity index is 522. The van der Waals surface area contributed by atoms with Crippen molar-refractivity contribution in [3.63, 3.8) is 0 Å². The van der Waals surface area contributed by atoms with Crippen LogP contribution in [0.3, 0.4) is 0 Å². The van der Waals surface area contributed by atoms with Crippen LogP contribution in [0.15, 0.2) is 41.1 Å². The lowest BCUT2D eigenvalue weighted by Gasteiger charge is -2.16. The average molecular weight is 260 g/mol. The fourth-order valence-corrected chi connectivity index (χ4v) is 2.42. The van der Waals surface area contributed by atoms with Crippen LogP contribution in [0.2, 0.25) is 0 Å². The number of nitrogens with two attached hydrogens (primary N) is 1. The van der Waals surface area contributed by atoms with E-state index in [1.807, 2.05) is 42.8 Å². The summed E-state index contributed by atoms with van der Waals surface area (Å²) in [5.74, 6) is 0.104. The largest absolute Gasteiger partial charge is 0.399 e. The molecule has 0 atom stereocenters. The molecule has 1 amide bonds. The van der Waals surface area contributed by atoms with E-state index >= 15 is 0 Å². The van der Waals surface area contributed by atoms with Crippen molar-refractivity contribution in [2.45, 2.75) is 13.0 Å². The molecular weight excluding hydrogens is 244 g/mol. The topological polar surface area (TPSA) is 46.3 Å². The minimum absolute atomic E-state index is 0.104. The molecule has 1 aromatic heterocycles. The standard InChI is InChI=1S/C14H16N2OS/c1-16(9-12-5-6-18-10-12)14(17)8-11-3-2-4-13(15)7-11/h2-7,10H,8-9,15H2,1H3. The third-order valence-electron chi connectivity index (χ3n) is 2.73. The number of benzene rings is 1. The second-order valence-corrected chi connectivity index (χ2v) is 5.08. The van der Waals surface area contributed by atoms with Gasteiger partial charge in [0.2, 0.25) is 5.91 Å². The van der Waals surface area contributed by atoms with Crippen LogP contribution < -0.4 is 5.73 Å². The molecule has 0 aliphatic heterocycles. The summed E-state index contributed by atoms with van der Waals surface area (Å²) in [7, 11) is 1.83. The van der Waals surface area contributed by atoms with Gasteiger partial charge < -0.3 is 10.6 Å². The van der Waals surface area contributed by atoms with Crippen molar-refractivity contribution in [1.82, 2.24) is 4.90 Å². The zero-order chi connectivity index (χ0) is 13.0. The summed E-state index contributed by atoms with van der Waals surface area (Å²) in [6.07, 6.45) is 0.395. The molecule has 94 valence electrons. The number of likely N-dealkylation sites (N-methyl/N-ethyl adjacent to an activating group) is 1. The molecule has 0 unspecified atom stereocenters.